The van der Waals surface area contributed by atoms with E-state index in [2.05, 4.69) is 0 Å². The maximum atomic E-state index is 14.7. The Balaban J connectivity index is 2.34. The maximum absolute atomic E-state index is 14.7. The highest BCUT2D eigenvalue weighted by Gasteiger charge is 2.28. The first kappa shape index (κ1) is 18.3. The van der Waals surface area contributed by atoms with E-state index in [1.807, 2.05) is 0 Å². The van der Waals surface area contributed by atoms with E-state index < -0.39 is 35.0 Å². The Kier molecular flexibility index (Phi) is 4.47. The minimum absolute atomic E-state index is 0.0658. The van der Waals surface area contributed by atoms with Gasteiger partial charge >= 0.3 is 5.97 Å². The number of carboxylic acid groups (broad SMARTS) is 1. The van der Waals surface area contributed by atoms with Crippen molar-refractivity contribution in [3.05, 3.63) is 39.9 Å². The van der Waals surface area contributed by atoms with Crippen molar-refractivity contribution in [2.45, 2.75) is 31.8 Å². The summed E-state index contributed by atoms with van der Waals surface area (Å²) in [5.41, 5.74) is 4.04. The first-order valence-corrected chi connectivity index (χ1v) is 8.35. The molecule has 1 aliphatic heterocycles. The summed E-state index contributed by atoms with van der Waals surface area (Å²) >= 11 is 0. The second-order valence-electron chi connectivity index (χ2n) is 7.31. The van der Waals surface area contributed by atoms with Crippen molar-refractivity contribution < 1.29 is 18.7 Å². The average Bonchev–Trinajstić information content (AvgIpc) is 3.00. The molecule has 26 heavy (non-hydrogen) atoms. The molecule has 6 nitrogen and oxygen atoms in total. The van der Waals surface area contributed by atoms with Crippen LogP contribution in [0.2, 0.25) is 0 Å². The van der Waals surface area contributed by atoms with Crippen LogP contribution < -0.4 is 16.1 Å². The molecular weight excluding hydrogens is 344 g/mol. The topological polar surface area (TPSA) is 88.6 Å². The fraction of sp³-hybridized carbons (Fsp3) is 0.444. The largest absolute Gasteiger partial charge is 0.477 e. The summed E-state index contributed by atoms with van der Waals surface area (Å²) in [7, 11) is 0. The number of benzene rings is 1. The summed E-state index contributed by atoms with van der Waals surface area (Å²) in [5, 5.41) is 9.20. The molecule has 2 aromatic rings. The molecule has 0 unspecified atom stereocenters. The van der Waals surface area contributed by atoms with E-state index >= 15 is 0 Å². The fourth-order valence-electron chi connectivity index (χ4n) is 3.30. The first-order chi connectivity index (χ1) is 12.2. The van der Waals surface area contributed by atoms with Crippen LogP contribution in [0.15, 0.2) is 23.1 Å². The minimum Gasteiger partial charge on any atom is -0.477 e. The molecule has 8 heteroatoms. The summed E-state index contributed by atoms with van der Waals surface area (Å²) in [5.74, 6) is -2.06. The predicted octanol–water partition coefficient (Wildman–Crippen LogP) is 2.08. The highest BCUT2D eigenvalue weighted by molar-refractivity contribution is 5.93. The van der Waals surface area contributed by atoms with Crippen LogP contribution in [0, 0.1) is 5.82 Å². The summed E-state index contributed by atoms with van der Waals surface area (Å²) in [6.07, 6.45) is 1.85. The normalized spacial score (nSPS) is 17.9. The second kappa shape index (κ2) is 6.35. The minimum atomic E-state index is -1.43. The summed E-state index contributed by atoms with van der Waals surface area (Å²) in [6, 6.07) is 2.45. The van der Waals surface area contributed by atoms with Crippen LogP contribution in [0.25, 0.3) is 10.9 Å². The van der Waals surface area contributed by atoms with E-state index in [4.69, 9.17) is 5.73 Å². The van der Waals surface area contributed by atoms with E-state index in [0.717, 1.165) is 18.7 Å². The number of nitrogens with zero attached hydrogens (tertiary/aromatic N) is 2. The molecule has 0 aliphatic carbocycles. The van der Waals surface area contributed by atoms with Gasteiger partial charge in [-0.25, -0.2) is 13.6 Å². The number of aromatic nitrogens is 1. The highest BCUT2D eigenvalue weighted by atomic mass is 19.1. The maximum Gasteiger partial charge on any atom is 0.341 e. The molecule has 1 saturated heterocycles. The molecule has 0 radical (unpaired) electrons. The van der Waals surface area contributed by atoms with Crippen LogP contribution in [0.5, 0.6) is 0 Å². The molecule has 0 spiro atoms. The van der Waals surface area contributed by atoms with Crippen molar-refractivity contribution in [3.8, 4) is 0 Å². The lowest BCUT2D eigenvalue weighted by Crippen LogP contribution is -2.32. The number of halogens is 2. The van der Waals surface area contributed by atoms with Crippen LogP contribution in [-0.2, 0) is 5.54 Å². The Bertz CT molecular complexity index is 939. The number of hydrogen-bond acceptors (Lipinski definition) is 4. The van der Waals surface area contributed by atoms with Gasteiger partial charge in [0.25, 0.3) is 0 Å². The SMILES string of the molecule is CC(C)(CF)n1cc(C(=O)O)c(=O)c2cc(F)c(N3CC[C@H](N)C3)cc21. The smallest absolute Gasteiger partial charge is 0.341 e. The van der Waals surface area contributed by atoms with E-state index in [-0.39, 0.29) is 17.1 Å². The van der Waals surface area contributed by atoms with Gasteiger partial charge in [0, 0.05) is 30.7 Å². The Labute approximate surface area is 148 Å². The van der Waals surface area contributed by atoms with Gasteiger partial charge in [0.1, 0.15) is 18.1 Å². The molecule has 1 aliphatic rings. The van der Waals surface area contributed by atoms with Crippen LogP contribution in [0.3, 0.4) is 0 Å². The standard InChI is InChI=1S/C18H21F2N3O3/c1-18(2,9-19)23-8-12(17(25)26)16(24)11-5-13(20)15(6-14(11)23)22-4-3-10(21)7-22/h5-6,8,10H,3-4,7,9,21H2,1-2H3,(H,25,26)/t10-/m0/s1. The number of carboxylic acids is 1. The van der Waals surface area contributed by atoms with Crippen molar-refractivity contribution >= 4 is 22.6 Å². The zero-order valence-electron chi connectivity index (χ0n) is 14.6. The predicted molar refractivity (Wildman–Crippen MR) is 95.2 cm³/mol. The Morgan fingerprint density at radius 2 is 2.12 bits per heavy atom. The number of anilines is 1. The molecule has 0 saturated carbocycles. The molecule has 3 N–H and O–H groups in total. The van der Waals surface area contributed by atoms with E-state index in [1.165, 1.54) is 10.6 Å². The number of nitrogens with two attached hydrogens (primary N) is 1. The number of pyridine rings is 1. The lowest BCUT2D eigenvalue weighted by Gasteiger charge is -2.28. The van der Waals surface area contributed by atoms with Crippen LogP contribution in [-0.4, -0.2) is 41.4 Å². The Morgan fingerprint density at radius 3 is 2.65 bits per heavy atom. The van der Waals surface area contributed by atoms with E-state index in [1.54, 1.807) is 18.7 Å². The molecule has 3 rings (SSSR count). The zero-order chi connectivity index (χ0) is 19.2. The van der Waals surface area contributed by atoms with Crippen molar-refractivity contribution in [1.82, 2.24) is 4.57 Å². The summed E-state index contributed by atoms with van der Waals surface area (Å²) < 4.78 is 29.7. The van der Waals surface area contributed by atoms with Gasteiger partial charge in [0.15, 0.2) is 0 Å². The van der Waals surface area contributed by atoms with Crippen molar-refractivity contribution in [1.29, 1.82) is 0 Å². The molecule has 0 amide bonds. The number of aromatic carboxylic acids is 1. The summed E-state index contributed by atoms with van der Waals surface area (Å²) in [4.78, 5) is 25.7. The molecule has 2 heterocycles. The van der Waals surface area contributed by atoms with Gasteiger partial charge in [0.05, 0.1) is 16.7 Å². The Morgan fingerprint density at radius 1 is 1.42 bits per heavy atom. The fourth-order valence-corrected chi connectivity index (χ4v) is 3.30. The number of rotatable bonds is 4. The molecule has 1 aromatic heterocycles. The summed E-state index contributed by atoms with van der Waals surface area (Å²) in [6.45, 7) is 3.43. The van der Waals surface area contributed by atoms with Crippen molar-refractivity contribution in [3.63, 3.8) is 0 Å². The van der Waals surface area contributed by atoms with E-state index in [9.17, 15) is 23.5 Å². The number of hydrogen-bond donors (Lipinski definition) is 2. The monoisotopic (exact) mass is 365 g/mol. The number of alkyl halides is 1. The van der Waals surface area contributed by atoms with Crippen LogP contribution >= 0.6 is 0 Å². The Hall–Kier alpha value is -2.48. The quantitative estimate of drug-likeness (QED) is 0.866. The van der Waals surface area contributed by atoms with Crippen molar-refractivity contribution in [2.24, 2.45) is 5.73 Å². The van der Waals surface area contributed by atoms with Gasteiger partial charge in [-0.05, 0) is 32.4 Å². The molecule has 1 fully saturated rings. The van der Waals surface area contributed by atoms with E-state index in [0.29, 0.717) is 18.6 Å². The second-order valence-corrected chi connectivity index (χ2v) is 7.31. The van der Waals surface area contributed by atoms with Gasteiger partial charge in [0.2, 0.25) is 5.43 Å². The van der Waals surface area contributed by atoms with Crippen molar-refractivity contribution in [2.75, 3.05) is 24.7 Å². The van der Waals surface area contributed by atoms with Gasteiger partial charge in [-0.2, -0.15) is 0 Å². The highest BCUT2D eigenvalue weighted by Crippen LogP contribution is 2.30. The lowest BCUT2D eigenvalue weighted by molar-refractivity contribution is 0.0694. The third kappa shape index (κ3) is 2.94. The third-order valence-corrected chi connectivity index (χ3v) is 4.85. The molecule has 1 atom stereocenters. The number of fused-ring (bicyclic) bond motifs is 1. The molecule has 140 valence electrons. The van der Waals surface area contributed by atoms with Gasteiger partial charge < -0.3 is 20.3 Å². The molecule has 0 bridgehead atoms. The zero-order valence-corrected chi connectivity index (χ0v) is 14.6. The number of carbonyl (C=O) groups is 1. The average molecular weight is 365 g/mol. The van der Waals surface area contributed by atoms with Gasteiger partial charge in [-0.3, -0.25) is 4.79 Å². The first-order valence-electron chi connectivity index (χ1n) is 8.35. The van der Waals surface area contributed by atoms with Crippen LogP contribution in [0.4, 0.5) is 14.5 Å². The lowest BCUT2D eigenvalue weighted by atomic mass is 10.0. The molecular formula is C18H21F2N3O3. The third-order valence-electron chi connectivity index (χ3n) is 4.85. The molecule has 1 aromatic carbocycles. The van der Waals surface area contributed by atoms with Crippen LogP contribution in [0.1, 0.15) is 30.6 Å². The van der Waals surface area contributed by atoms with Gasteiger partial charge in [-0.15, -0.1) is 0 Å². The van der Waals surface area contributed by atoms with Gasteiger partial charge in [-0.1, -0.05) is 0 Å².